The molecule has 5 heteroatoms. The Balaban J connectivity index is -0.000000143. The van der Waals surface area contributed by atoms with Crippen molar-refractivity contribution in [3.8, 4) is 0 Å². The Labute approximate surface area is 88.8 Å². The van der Waals surface area contributed by atoms with Crippen LogP contribution in [-0.4, -0.2) is 39.2 Å². The smallest absolute Gasteiger partial charge is 0.303 e. The molecule has 0 atom stereocenters. The van der Waals surface area contributed by atoms with Crippen molar-refractivity contribution >= 4 is 29.0 Å². The van der Waals surface area contributed by atoms with E-state index in [1.165, 1.54) is 0 Å². The predicted molar refractivity (Wildman–Crippen MR) is 50.8 cm³/mol. The minimum absolute atomic E-state index is 0. The van der Waals surface area contributed by atoms with Crippen molar-refractivity contribution in [3.63, 3.8) is 0 Å². The fraction of sp³-hybridized carbons (Fsp3) is 0.750. The van der Waals surface area contributed by atoms with Crippen LogP contribution in [0, 0.1) is 0 Å². The number of aliphatic carboxylic acids is 2. The Bertz CT molecular complexity index is 120. The van der Waals surface area contributed by atoms with Crippen molar-refractivity contribution in [3.05, 3.63) is 0 Å². The van der Waals surface area contributed by atoms with Crippen LogP contribution in [0.5, 0.6) is 0 Å². The van der Waals surface area contributed by atoms with Crippen LogP contribution in [-0.2, 0) is 9.59 Å². The predicted octanol–water partition coefficient (Wildman–Crippen LogP) is 1.36. The number of carboxylic acid groups (broad SMARTS) is 2. The topological polar surface area (TPSA) is 74.6 Å². The fourth-order valence-corrected chi connectivity index (χ4v) is 0.428. The van der Waals surface area contributed by atoms with Crippen LogP contribution in [0.3, 0.4) is 0 Å². The Morgan fingerprint density at radius 3 is 1.15 bits per heavy atom. The van der Waals surface area contributed by atoms with Crippen LogP contribution in [0.4, 0.5) is 0 Å². The van der Waals surface area contributed by atoms with Crippen LogP contribution in [0.15, 0.2) is 0 Å². The summed E-state index contributed by atoms with van der Waals surface area (Å²) in [6, 6.07) is 0. The van der Waals surface area contributed by atoms with Gasteiger partial charge in [0.25, 0.3) is 0 Å². The van der Waals surface area contributed by atoms with E-state index < -0.39 is 11.9 Å². The monoisotopic (exact) mass is 256 g/mol. The summed E-state index contributed by atoms with van der Waals surface area (Å²) in [5, 5.41) is 15.8. The van der Waals surface area contributed by atoms with Gasteiger partial charge in [-0.3, -0.25) is 9.59 Å². The Hall–Kier alpha value is -0.541. The van der Waals surface area contributed by atoms with E-state index >= 15 is 0 Å². The van der Waals surface area contributed by atoms with E-state index in [0.717, 1.165) is 12.8 Å². The van der Waals surface area contributed by atoms with Gasteiger partial charge in [-0.2, -0.15) is 0 Å². The van der Waals surface area contributed by atoms with Crippen molar-refractivity contribution in [2.24, 2.45) is 0 Å². The first-order valence-electron chi connectivity index (χ1n) is 3.98. The maximum atomic E-state index is 9.60. The van der Waals surface area contributed by atoms with Gasteiger partial charge in [0.05, 0.1) is 0 Å². The largest absolute Gasteiger partial charge is 0.481 e. The van der Waals surface area contributed by atoms with Gasteiger partial charge in [-0.05, 0) is 12.8 Å². The van der Waals surface area contributed by atoms with Gasteiger partial charge in [-0.15, -0.1) is 0 Å². The van der Waals surface area contributed by atoms with Gasteiger partial charge in [0, 0.05) is 29.9 Å². The van der Waals surface area contributed by atoms with Crippen LogP contribution in [0.25, 0.3) is 0 Å². The van der Waals surface area contributed by atoms with Crippen molar-refractivity contribution in [1.82, 2.24) is 0 Å². The molecule has 0 amide bonds. The number of carbonyl (C=O) groups is 2. The summed E-state index contributed by atoms with van der Waals surface area (Å²) < 4.78 is 0. The third kappa shape index (κ3) is 34.4. The third-order valence-corrected chi connectivity index (χ3v) is 0.928. The second kappa shape index (κ2) is 14.0. The molecule has 0 heterocycles. The molecular formula is C8H16O4Se. The van der Waals surface area contributed by atoms with Gasteiger partial charge in [0.15, 0.2) is 0 Å². The van der Waals surface area contributed by atoms with Crippen LogP contribution in [0.1, 0.15) is 39.5 Å². The zero-order valence-corrected chi connectivity index (χ0v) is 9.66. The zero-order valence-electron chi connectivity index (χ0n) is 7.95. The van der Waals surface area contributed by atoms with Gasteiger partial charge in [-0.1, -0.05) is 13.8 Å². The second-order valence-electron chi connectivity index (χ2n) is 2.29. The molecule has 0 saturated heterocycles. The molecule has 0 aromatic heterocycles. The molecule has 0 aliphatic heterocycles. The van der Waals surface area contributed by atoms with E-state index in [9.17, 15) is 9.59 Å². The molecule has 0 unspecified atom stereocenters. The number of hydrogen-bond donors (Lipinski definition) is 2. The average molecular weight is 255 g/mol. The van der Waals surface area contributed by atoms with Crippen molar-refractivity contribution in [1.29, 1.82) is 0 Å². The average Bonchev–Trinajstić information content (AvgIpc) is 1.87. The summed E-state index contributed by atoms with van der Waals surface area (Å²) in [4.78, 5) is 19.2. The van der Waals surface area contributed by atoms with E-state index in [1.54, 1.807) is 0 Å². The standard InChI is InChI=1S/2C4H8O2.Se/c2*1-2-3-4(5)6;/h2*2-3H2,1H3,(H,5,6);. The summed E-state index contributed by atoms with van der Waals surface area (Å²) in [7, 11) is 0. The van der Waals surface area contributed by atoms with Gasteiger partial charge in [0.2, 0.25) is 0 Å². The molecule has 0 aliphatic rings. The Morgan fingerprint density at radius 1 is 0.923 bits per heavy atom. The Morgan fingerprint density at radius 2 is 1.15 bits per heavy atom. The number of hydrogen-bond acceptors (Lipinski definition) is 2. The summed E-state index contributed by atoms with van der Waals surface area (Å²) in [5.41, 5.74) is 0. The SMILES string of the molecule is CCCC(=O)O.CCCC(=O)O.[Se]. The first-order chi connectivity index (χ1) is 5.54. The molecule has 4 nitrogen and oxygen atoms in total. The van der Waals surface area contributed by atoms with Crippen LogP contribution in [0.2, 0.25) is 0 Å². The summed E-state index contributed by atoms with van der Waals surface area (Å²) in [6.07, 6.45) is 2.05. The molecule has 2 radical (unpaired) electrons. The number of carboxylic acids is 2. The summed E-state index contributed by atoms with van der Waals surface area (Å²) >= 11 is 0. The maximum Gasteiger partial charge on any atom is 0.303 e. The quantitative estimate of drug-likeness (QED) is 0.744. The molecule has 0 bridgehead atoms. The molecular weight excluding hydrogens is 239 g/mol. The van der Waals surface area contributed by atoms with Crippen molar-refractivity contribution in [2.75, 3.05) is 0 Å². The first-order valence-corrected chi connectivity index (χ1v) is 3.98. The molecule has 0 aromatic rings. The van der Waals surface area contributed by atoms with E-state index in [-0.39, 0.29) is 17.1 Å². The summed E-state index contributed by atoms with van der Waals surface area (Å²) in [5.74, 6) is -1.42. The molecule has 0 rings (SSSR count). The minimum Gasteiger partial charge on any atom is -0.481 e. The molecule has 0 saturated carbocycles. The Kier molecular flexibility index (Phi) is 19.7. The summed E-state index contributed by atoms with van der Waals surface area (Å²) in [6.45, 7) is 3.68. The van der Waals surface area contributed by atoms with Crippen LogP contribution < -0.4 is 0 Å². The molecule has 0 aliphatic carbocycles. The van der Waals surface area contributed by atoms with Gasteiger partial charge in [-0.25, -0.2) is 0 Å². The third-order valence-electron chi connectivity index (χ3n) is 0.928. The van der Waals surface area contributed by atoms with E-state index in [0.29, 0.717) is 12.8 Å². The molecule has 0 aromatic carbocycles. The van der Waals surface area contributed by atoms with E-state index in [4.69, 9.17) is 10.2 Å². The van der Waals surface area contributed by atoms with Crippen molar-refractivity contribution < 1.29 is 19.8 Å². The van der Waals surface area contributed by atoms with Gasteiger partial charge < -0.3 is 10.2 Å². The van der Waals surface area contributed by atoms with E-state index in [1.807, 2.05) is 13.8 Å². The molecule has 2 N–H and O–H groups in total. The second-order valence-corrected chi connectivity index (χ2v) is 2.29. The van der Waals surface area contributed by atoms with Gasteiger partial charge in [0.1, 0.15) is 0 Å². The fourth-order valence-electron chi connectivity index (χ4n) is 0.428. The van der Waals surface area contributed by atoms with Gasteiger partial charge >= 0.3 is 11.9 Å². The minimum atomic E-state index is -0.711. The molecule has 0 spiro atoms. The molecule has 0 fully saturated rings. The maximum absolute atomic E-state index is 9.60. The van der Waals surface area contributed by atoms with Crippen LogP contribution >= 0.6 is 0 Å². The zero-order chi connectivity index (χ0) is 9.98. The van der Waals surface area contributed by atoms with Crippen molar-refractivity contribution in [2.45, 2.75) is 39.5 Å². The first kappa shape index (κ1) is 18.3. The molecule has 13 heavy (non-hydrogen) atoms. The van der Waals surface area contributed by atoms with E-state index in [2.05, 4.69) is 0 Å². The number of rotatable bonds is 4. The molecule has 78 valence electrons. The normalized spacial score (nSPS) is 7.54.